The maximum Gasteiger partial charge on any atom is 0.387 e. The number of halogens is 2. The van der Waals surface area contributed by atoms with Crippen molar-refractivity contribution >= 4 is 0 Å². The summed E-state index contributed by atoms with van der Waals surface area (Å²) in [6, 6.07) is 5.03. The zero-order chi connectivity index (χ0) is 14.3. The minimum absolute atomic E-state index is 0.0576. The van der Waals surface area contributed by atoms with Crippen LogP contribution in [0.15, 0.2) is 18.2 Å². The molecule has 0 saturated heterocycles. The van der Waals surface area contributed by atoms with Gasteiger partial charge in [-0.1, -0.05) is 6.07 Å². The summed E-state index contributed by atoms with van der Waals surface area (Å²) in [5.74, 6) is 0.357. The fraction of sp³-hybridized carbons (Fsp3) is 0.538. The van der Waals surface area contributed by atoms with Gasteiger partial charge in [0.1, 0.15) is 0 Å². The molecule has 0 aromatic heterocycles. The predicted molar refractivity (Wildman–Crippen MR) is 69.6 cm³/mol. The topological polar surface area (TPSA) is 47.7 Å². The summed E-state index contributed by atoms with van der Waals surface area (Å²) in [6.07, 6.45) is 0.896. The van der Waals surface area contributed by atoms with E-state index in [-0.39, 0.29) is 5.75 Å². The number of hydrogen-bond acceptors (Lipinski definition) is 4. The molecule has 2 N–H and O–H groups in total. The molecule has 0 unspecified atom stereocenters. The van der Waals surface area contributed by atoms with E-state index in [2.05, 4.69) is 9.64 Å². The van der Waals surface area contributed by atoms with Crippen molar-refractivity contribution in [3.05, 3.63) is 23.8 Å². The van der Waals surface area contributed by atoms with Crippen molar-refractivity contribution in [1.29, 1.82) is 0 Å². The number of hydrogen-bond donors (Lipinski definition) is 1. The standard InChI is InChI=1S/C13H20F2N2O2/c1-17(7-3-6-16)9-10-4-5-11(18-2)12(8-10)19-13(14)15/h4-5,8,13H,3,6-7,9,16H2,1-2H3. The Morgan fingerprint density at radius 2 is 2.05 bits per heavy atom. The Hall–Kier alpha value is -1.40. The molecule has 0 radical (unpaired) electrons. The maximum absolute atomic E-state index is 12.3. The first kappa shape index (κ1) is 15.7. The average Bonchev–Trinajstić information content (AvgIpc) is 2.36. The van der Waals surface area contributed by atoms with Crippen molar-refractivity contribution in [2.45, 2.75) is 19.6 Å². The van der Waals surface area contributed by atoms with Crippen LogP contribution in [0, 0.1) is 0 Å². The SMILES string of the molecule is COc1ccc(CN(C)CCCN)cc1OC(F)F. The Labute approximate surface area is 112 Å². The Morgan fingerprint density at radius 3 is 2.63 bits per heavy atom. The van der Waals surface area contributed by atoms with Gasteiger partial charge in [0.2, 0.25) is 0 Å². The van der Waals surface area contributed by atoms with Crippen LogP contribution in [0.3, 0.4) is 0 Å². The highest BCUT2D eigenvalue weighted by molar-refractivity contribution is 5.42. The molecule has 1 rings (SSSR count). The van der Waals surface area contributed by atoms with Crippen molar-refractivity contribution in [3.8, 4) is 11.5 Å². The normalized spacial score (nSPS) is 11.1. The quantitative estimate of drug-likeness (QED) is 0.788. The van der Waals surface area contributed by atoms with Gasteiger partial charge in [0.15, 0.2) is 11.5 Å². The van der Waals surface area contributed by atoms with E-state index >= 15 is 0 Å². The minimum atomic E-state index is -2.86. The van der Waals surface area contributed by atoms with Gasteiger partial charge >= 0.3 is 6.61 Å². The van der Waals surface area contributed by atoms with Crippen LogP contribution in [-0.2, 0) is 6.54 Å². The van der Waals surface area contributed by atoms with Crippen LogP contribution in [0.5, 0.6) is 11.5 Å². The zero-order valence-corrected chi connectivity index (χ0v) is 11.2. The van der Waals surface area contributed by atoms with Crippen LogP contribution in [0.25, 0.3) is 0 Å². The maximum atomic E-state index is 12.3. The first-order valence-electron chi connectivity index (χ1n) is 6.07. The van der Waals surface area contributed by atoms with Crippen LogP contribution >= 0.6 is 0 Å². The number of methoxy groups -OCH3 is 1. The molecular weight excluding hydrogens is 254 g/mol. The molecule has 108 valence electrons. The van der Waals surface area contributed by atoms with E-state index in [1.54, 1.807) is 12.1 Å². The summed E-state index contributed by atoms with van der Waals surface area (Å²) < 4.78 is 34.0. The van der Waals surface area contributed by atoms with Gasteiger partial charge < -0.3 is 20.1 Å². The molecule has 6 heteroatoms. The highest BCUT2D eigenvalue weighted by atomic mass is 19.3. The van der Waals surface area contributed by atoms with Crippen molar-refractivity contribution < 1.29 is 18.3 Å². The van der Waals surface area contributed by atoms with E-state index < -0.39 is 6.61 Å². The van der Waals surface area contributed by atoms with Gasteiger partial charge in [-0.25, -0.2) is 0 Å². The van der Waals surface area contributed by atoms with Gasteiger partial charge in [0.05, 0.1) is 7.11 Å². The lowest BCUT2D eigenvalue weighted by Crippen LogP contribution is -2.21. The van der Waals surface area contributed by atoms with Crippen molar-refractivity contribution in [2.24, 2.45) is 5.73 Å². The second-order valence-electron chi connectivity index (χ2n) is 4.24. The van der Waals surface area contributed by atoms with E-state index in [9.17, 15) is 8.78 Å². The second kappa shape index (κ2) is 7.91. The molecule has 0 atom stereocenters. The molecule has 1 aromatic carbocycles. The van der Waals surface area contributed by atoms with E-state index in [0.717, 1.165) is 18.5 Å². The molecule has 19 heavy (non-hydrogen) atoms. The van der Waals surface area contributed by atoms with E-state index in [1.165, 1.54) is 7.11 Å². The number of rotatable bonds is 8. The Bertz CT molecular complexity index is 389. The monoisotopic (exact) mass is 274 g/mol. The van der Waals surface area contributed by atoms with Crippen LogP contribution < -0.4 is 15.2 Å². The van der Waals surface area contributed by atoms with Crippen LogP contribution in [-0.4, -0.2) is 38.8 Å². The number of nitrogens with two attached hydrogens (primary N) is 1. The summed E-state index contributed by atoms with van der Waals surface area (Å²) in [7, 11) is 3.37. The smallest absolute Gasteiger partial charge is 0.387 e. The number of benzene rings is 1. The molecule has 0 spiro atoms. The largest absolute Gasteiger partial charge is 0.493 e. The third-order valence-electron chi connectivity index (χ3n) is 2.64. The first-order chi connectivity index (χ1) is 9.06. The Morgan fingerprint density at radius 1 is 1.32 bits per heavy atom. The van der Waals surface area contributed by atoms with E-state index in [1.807, 2.05) is 13.1 Å². The van der Waals surface area contributed by atoms with E-state index in [4.69, 9.17) is 10.5 Å². The van der Waals surface area contributed by atoms with Gasteiger partial charge in [0.25, 0.3) is 0 Å². The summed E-state index contributed by atoms with van der Waals surface area (Å²) >= 11 is 0. The highest BCUT2D eigenvalue weighted by Gasteiger charge is 2.11. The van der Waals surface area contributed by atoms with Gasteiger partial charge in [-0.2, -0.15) is 8.78 Å². The molecule has 1 aromatic rings. The number of nitrogens with zero attached hydrogens (tertiary/aromatic N) is 1. The van der Waals surface area contributed by atoms with Crippen LogP contribution in [0.1, 0.15) is 12.0 Å². The molecule has 0 amide bonds. The lowest BCUT2D eigenvalue weighted by molar-refractivity contribution is -0.0512. The third kappa shape index (κ3) is 5.40. The molecule has 4 nitrogen and oxygen atoms in total. The molecule has 0 heterocycles. The molecule has 0 fully saturated rings. The van der Waals surface area contributed by atoms with E-state index in [0.29, 0.717) is 18.8 Å². The highest BCUT2D eigenvalue weighted by Crippen LogP contribution is 2.29. The fourth-order valence-corrected chi connectivity index (χ4v) is 1.76. The minimum Gasteiger partial charge on any atom is -0.493 e. The lowest BCUT2D eigenvalue weighted by atomic mass is 10.2. The molecule has 0 aliphatic rings. The number of alkyl halides is 2. The second-order valence-corrected chi connectivity index (χ2v) is 4.24. The number of ether oxygens (including phenoxy) is 2. The lowest BCUT2D eigenvalue weighted by Gasteiger charge is -2.17. The fourth-order valence-electron chi connectivity index (χ4n) is 1.76. The summed E-state index contributed by atoms with van der Waals surface area (Å²) in [4.78, 5) is 2.07. The Balaban J connectivity index is 2.74. The molecule has 0 saturated carbocycles. The summed E-state index contributed by atoms with van der Waals surface area (Å²) in [5.41, 5.74) is 6.33. The van der Waals surface area contributed by atoms with Gasteiger partial charge in [-0.3, -0.25) is 0 Å². The van der Waals surface area contributed by atoms with Gasteiger partial charge in [-0.05, 0) is 44.3 Å². The van der Waals surface area contributed by atoms with Gasteiger partial charge in [-0.15, -0.1) is 0 Å². The van der Waals surface area contributed by atoms with Crippen molar-refractivity contribution in [2.75, 3.05) is 27.2 Å². The van der Waals surface area contributed by atoms with Crippen LogP contribution in [0.4, 0.5) is 8.78 Å². The molecule has 0 aliphatic heterocycles. The molecule has 0 bridgehead atoms. The summed E-state index contributed by atoms with van der Waals surface area (Å²) in [6.45, 7) is -0.733. The molecule has 0 aliphatic carbocycles. The molecular formula is C13H20F2N2O2. The van der Waals surface area contributed by atoms with Crippen LogP contribution in [0.2, 0.25) is 0 Å². The van der Waals surface area contributed by atoms with Crippen molar-refractivity contribution in [3.63, 3.8) is 0 Å². The zero-order valence-electron chi connectivity index (χ0n) is 11.2. The first-order valence-corrected chi connectivity index (χ1v) is 6.07. The van der Waals surface area contributed by atoms with Gasteiger partial charge in [0, 0.05) is 6.54 Å². The summed E-state index contributed by atoms with van der Waals surface area (Å²) in [5, 5.41) is 0. The third-order valence-corrected chi connectivity index (χ3v) is 2.64. The predicted octanol–water partition coefficient (Wildman–Crippen LogP) is 2.08. The average molecular weight is 274 g/mol. The van der Waals surface area contributed by atoms with Crippen molar-refractivity contribution in [1.82, 2.24) is 4.90 Å². The Kier molecular flexibility index (Phi) is 6.52.